The Hall–Kier alpha value is -2.21. The SMILES string of the molecule is CC(C)C[C@H](NC(=O)C1CCOC1)C(=O)N[C@@H](C[C@@H]1CCNC1=O)C(=O)COC(F)(F)F. The van der Waals surface area contributed by atoms with Crippen molar-refractivity contribution in [3.8, 4) is 0 Å². The van der Waals surface area contributed by atoms with Crippen LogP contribution in [0.5, 0.6) is 0 Å². The summed E-state index contributed by atoms with van der Waals surface area (Å²) in [6.45, 7) is 3.46. The molecule has 2 fully saturated rings. The highest BCUT2D eigenvalue weighted by Gasteiger charge is 2.36. The first-order valence-corrected chi connectivity index (χ1v) is 10.7. The Morgan fingerprint density at radius 2 is 1.91 bits per heavy atom. The third kappa shape index (κ3) is 8.38. The van der Waals surface area contributed by atoms with Crippen LogP contribution in [-0.4, -0.2) is 68.3 Å². The Kier molecular flexibility index (Phi) is 9.44. The van der Waals surface area contributed by atoms with Gasteiger partial charge in [0.1, 0.15) is 12.6 Å². The van der Waals surface area contributed by atoms with Gasteiger partial charge in [0.25, 0.3) is 0 Å². The van der Waals surface area contributed by atoms with E-state index in [0.29, 0.717) is 26.0 Å². The van der Waals surface area contributed by atoms with Gasteiger partial charge in [-0.2, -0.15) is 0 Å². The molecule has 0 radical (unpaired) electrons. The lowest BCUT2D eigenvalue weighted by Gasteiger charge is -2.25. The largest absolute Gasteiger partial charge is 0.522 e. The lowest BCUT2D eigenvalue weighted by atomic mass is 9.95. The van der Waals surface area contributed by atoms with Gasteiger partial charge in [-0.05, 0) is 31.6 Å². The standard InChI is InChI=1S/C20H30F3N3O6/c1-11(2)7-15(26-18(29)13-4-6-31-9-13)19(30)25-14(8-12-3-5-24-17(12)28)16(27)10-32-20(21,22)23/h11-15H,3-10H2,1-2H3,(H,24,28)(H,25,30)(H,26,29)/t12-,13?,14-,15-/m0/s1. The zero-order chi connectivity index (χ0) is 23.9. The summed E-state index contributed by atoms with van der Waals surface area (Å²) < 4.78 is 46.0. The van der Waals surface area contributed by atoms with Gasteiger partial charge in [-0.1, -0.05) is 13.8 Å². The lowest BCUT2D eigenvalue weighted by Crippen LogP contribution is -2.54. The number of ketones is 1. The first kappa shape index (κ1) is 26.0. The molecule has 4 atom stereocenters. The van der Waals surface area contributed by atoms with E-state index in [1.807, 2.05) is 13.8 Å². The van der Waals surface area contributed by atoms with Crippen LogP contribution in [0.3, 0.4) is 0 Å². The molecule has 2 rings (SSSR count). The number of hydrogen-bond acceptors (Lipinski definition) is 6. The molecule has 0 aromatic heterocycles. The molecular weight excluding hydrogens is 435 g/mol. The summed E-state index contributed by atoms with van der Waals surface area (Å²) in [7, 11) is 0. The van der Waals surface area contributed by atoms with E-state index >= 15 is 0 Å². The molecule has 1 unspecified atom stereocenters. The van der Waals surface area contributed by atoms with Crippen LogP contribution in [-0.2, 0) is 28.7 Å². The fraction of sp³-hybridized carbons (Fsp3) is 0.800. The number of alkyl halides is 3. The molecule has 0 saturated carbocycles. The lowest BCUT2D eigenvalue weighted by molar-refractivity contribution is -0.321. The molecule has 12 heteroatoms. The molecule has 0 aromatic carbocycles. The van der Waals surface area contributed by atoms with Gasteiger partial charge in [0.2, 0.25) is 17.7 Å². The zero-order valence-corrected chi connectivity index (χ0v) is 18.1. The van der Waals surface area contributed by atoms with Crippen molar-refractivity contribution in [2.75, 3.05) is 26.4 Å². The fourth-order valence-electron chi connectivity index (χ4n) is 3.68. The van der Waals surface area contributed by atoms with E-state index in [-0.39, 0.29) is 37.2 Å². The average Bonchev–Trinajstić information content (AvgIpc) is 3.36. The molecule has 3 N–H and O–H groups in total. The maximum Gasteiger partial charge on any atom is 0.522 e. The van der Waals surface area contributed by atoms with Crippen molar-refractivity contribution >= 4 is 23.5 Å². The number of carbonyl (C=O) groups excluding carboxylic acids is 4. The summed E-state index contributed by atoms with van der Waals surface area (Å²) in [6.07, 6.45) is -3.99. The number of carbonyl (C=O) groups is 4. The third-order valence-corrected chi connectivity index (χ3v) is 5.41. The second kappa shape index (κ2) is 11.6. The molecule has 32 heavy (non-hydrogen) atoms. The topological polar surface area (TPSA) is 123 Å². The number of hydrogen-bond donors (Lipinski definition) is 3. The molecule has 0 aliphatic carbocycles. The van der Waals surface area contributed by atoms with E-state index in [9.17, 15) is 32.3 Å². The van der Waals surface area contributed by atoms with Crippen molar-refractivity contribution in [1.29, 1.82) is 0 Å². The van der Waals surface area contributed by atoms with E-state index in [2.05, 4.69) is 20.7 Å². The van der Waals surface area contributed by atoms with Crippen LogP contribution in [0.25, 0.3) is 0 Å². The van der Waals surface area contributed by atoms with Crippen LogP contribution < -0.4 is 16.0 Å². The minimum atomic E-state index is -5.01. The van der Waals surface area contributed by atoms with Gasteiger partial charge in [-0.25, -0.2) is 0 Å². The highest BCUT2D eigenvalue weighted by Crippen LogP contribution is 2.20. The van der Waals surface area contributed by atoms with Gasteiger partial charge in [-0.3, -0.25) is 23.9 Å². The summed E-state index contributed by atoms with van der Waals surface area (Å²) in [4.78, 5) is 49.7. The average molecular weight is 465 g/mol. The minimum Gasteiger partial charge on any atom is -0.381 e. The predicted octanol–water partition coefficient (Wildman–Crippen LogP) is 0.670. The quantitative estimate of drug-likeness (QED) is 0.412. The van der Waals surface area contributed by atoms with Crippen molar-refractivity contribution in [2.45, 2.75) is 58.0 Å². The van der Waals surface area contributed by atoms with Gasteiger partial charge in [0.05, 0.1) is 18.6 Å². The molecule has 9 nitrogen and oxygen atoms in total. The molecule has 3 amide bonds. The molecule has 2 saturated heterocycles. The van der Waals surface area contributed by atoms with E-state index < -0.39 is 48.6 Å². The molecule has 0 spiro atoms. The number of amides is 3. The zero-order valence-electron chi connectivity index (χ0n) is 18.1. The third-order valence-electron chi connectivity index (χ3n) is 5.41. The van der Waals surface area contributed by atoms with Crippen molar-refractivity contribution < 1.29 is 41.8 Å². The van der Waals surface area contributed by atoms with Crippen LogP contribution in [0.15, 0.2) is 0 Å². The van der Waals surface area contributed by atoms with E-state index in [1.165, 1.54) is 0 Å². The van der Waals surface area contributed by atoms with E-state index in [4.69, 9.17) is 4.74 Å². The Morgan fingerprint density at radius 1 is 1.19 bits per heavy atom. The van der Waals surface area contributed by atoms with Crippen LogP contribution in [0.4, 0.5) is 13.2 Å². The Labute approximate surface area is 184 Å². The number of rotatable bonds is 11. The fourth-order valence-corrected chi connectivity index (χ4v) is 3.68. The summed E-state index contributed by atoms with van der Waals surface area (Å²) in [6, 6.07) is -2.35. The van der Waals surface area contributed by atoms with Crippen molar-refractivity contribution in [3.63, 3.8) is 0 Å². The number of ether oxygens (including phenoxy) is 2. The smallest absolute Gasteiger partial charge is 0.381 e. The second-order valence-electron chi connectivity index (χ2n) is 8.53. The first-order chi connectivity index (χ1) is 15.0. The summed E-state index contributed by atoms with van der Waals surface area (Å²) >= 11 is 0. The number of halogens is 3. The summed E-state index contributed by atoms with van der Waals surface area (Å²) in [5, 5.41) is 7.69. The molecule has 0 aromatic rings. The van der Waals surface area contributed by atoms with E-state index in [0.717, 1.165) is 0 Å². The maximum atomic E-state index is 12.9. The van der Waals surface area contributed by atoms with Gasteiger partial charge < -0.3 is 20.7 Å². The number of Topliss-reactive ketones (excluding diaryl/α,β-unsaturated/α-hetero) is 1. The van der Waals surface area contributed by atoms with Crippen LogP contribution in [0.1, 0.15) is 39.5 Å². The molecule has 0 bridgehead atoms. The predicted molar refractivity (Wildman–Crippen MR) is 105 cm³/mol. The Bertz CT molecular complexity index is 695. The summed E-state index contributed by atoms with van der Waals surface area (Å²) in [5.74, 6) is -3.40. The van der Waals surface area contributed by atoms with Crippen LogP contribution in [0.2, 0.25) is 0 Å². The highest BCUT2D eigenvalue weighted by atomic mass is 19.4. The molecule has 182 valence electrons. The molecule has 2 aliphatic rings. The number of nitrogens with one attached hydrogen (secondary N) is 3. The molecule has 2 aliphatic heterocycles. The van der Waals surface area contributed by atoms with Crippen LogP contribution >= 0.6 is 0 Å². The normalized spacial score (nSPS) is 23.0. The first-order valence-electron chi connectivity index (χ1n) is 10.7. The highest BCUT2D eigenvalue weighted by molar-refractivity contribution is 5.94. The van der Waals surface area contributed by atoms with Gasteiger partial charge in [-0.15, -0.1) is 13.2 Å². The van der Waals surface area contributed by atoms with Crippen molar-refractivity contribution in [1.82, 2.24) is 16.0 Å². The summed E-state index contributed by atoms with van der Waals surface area (Å²) in [5.41, 5.74) is 0. The van der Waals surface area contributed by atoms with E-state index in [1.54, 1.807) is 0 Å². The Balaban J connectivity index is 2.09. The minimum absolute atomic E-state index is 0.00852. The van der Waals surface area contributed by atoms with Gasteiger partial charge >= 0.3 is 6.36 Å². The van der Waals surface area contributed by atoms with Gasteiger partial charge in [0.15, 0.2) is 5.78 Å². The molecule has 2 heterocycles. The van der Waals surface area contributed by atoms with Crippen molar-refractivity contribution in [2.24, 2.45) is 17.8 Å². The second-order valence-corrected chi connectivity index (χ2v) is 8.53. The Morgan fingerprint density at radius 3 is 2.44 bits per heavy atom. The maximum absolute atomic E-state index is 12.9. The monoisotopic (exact) mass is 465 g/mol. The van der Waals surface area contributed by atoms with Crippen LogP contribution in [0, 0.1) is 17.8 Å². The van der Waals surface area contributed by atoms with Crippen molar-refractivity contribution in [3.05, 3.63) is 0 Å². The molecular formula is C20H30F3N3O6. The van der Waals surface area contributed by atoms with Gasteiger partial charge in [0, 0.05) is 19.1 Å².